The lowest BCUT2D eigenvalue weighted by molar-refractivity contribution is 0.0234. The maximum absolute atomic E-state index is 9.05. The smallest absolute Gasteiger partial charge is 0.196 e. The van der Waals surface area contributed by atoms with Gasteiger partial charge in [0.1, 0.15) is 18.1 Å². The number of rotatable bonds is 8. The predicted molar refractivity (Wildman–Crippen MR) is 207 cm³/mol. The second-order valence-electron chi connectivity index (χ2n) is 12.6. The molecule has 0 bridgehead atoms. The zero-order chi connectivity index (χ0) is 34.7. The first-order chi connectivity index (χ1) is 25.0. The summed E-state index contributed by atoms with van der Waals surface area (Å²) in [5, 5.41) is 17.5. The van der Waals surface area contributed by atoms with Crippen LogP contribution in [-0.2, 0) is 4.74 Å². The molecular formula is C45H35N5O. The van der Waals surface area contributed by atoms with Gasteiger partial charge in [-0.05, 0) is 78.7 Å². The Bertz CT molecular complexity index is 2480. The third-order valence-electron chi connectivity index (χ3n) is 9.38. The van der Waals surface area contributed by atoms with Crippen molar-refractivity contribution < 1.29 is 4.74 Å². The molecule has 1 aliphatic heterocycles. The fourth-order valence-electron chi connectivity index (χ4n) is 6.82. The van der Waals surface area contributed by atoms with Gasteiger partial charge >= 0.3 is 0 Å². The van der Waals surface area contributed by atoms with Crippen LogP contribution in [0.1, 0.15) is 34.5 Å². The Morgan fingerprint density at radius 3 is 1.84 bits per heavy atom. The van der Waals surface area contributed by atoms with E-state index in [1.807, 2.05) is 30.3 Å². The van der Waals surface area contributed by atoms with Gasteiger partial charge < -0.3 is 15.8 Å². The van der Waals surface area contributed by atoms with Gasteiger partial charge in [-0.2, -0.15) is 5.26 Å². The number of nitrogens with zero attached hydrogens (tertiary/aromatic N) is 2. The van der Waals surface area contributed by atoms with Crippen LogP contribution in [0, 0.1) is 11.3 Å². The van der Waals surface area contributed by atoms with Crippen molar-refractivity contribution in [1.29, 1.82) is 5.26 Å². The molecule has 5 N–H and O–H groups in total. The minimum absolute atomic E-state index is 0.258. The lowest BCUT2D eigenvalue weighted by atomic mass is 9.93. The highest BCUT2D eigenvalue weighted by atomic mass is 16.5. The summed E-state index contributed by atoms with van der Waals surface area (Å²) in [7, 11) is 0. The normalized spacial score (nSPS) is 15.4. The molecule has 0 saturated carbocycles. The minimum atomic E-state index is -1.10. The molecule has 3 atom stereocenters. The van der Waals surface area contributed by atoms with Gasteiger partial charge in [0.2, 0.25) is 0 Å². The van der Waals surface area contributed by atoms with Crippen LogP contribution in [-0.4, -0.2) is 12.1 Å². The van der Waals surface area contributed by atoms with Crippen LogP contribution in [0.25, 0.3) is 49.5 Å². The van der Waals surface area contributed by atoms with Crippen LogP contribution in [0.4, 0.5) is 0 Å². The van der Waals surface area contributed by atoms with Gasteiger partial charge in [-0.25, -0.2) is 0 Å². The number of ether oxygens (including phenoxy) is 1. The average Bonchev–Trinajstić information content (AvgIpc) is 3.20. The van der Waals surface area contributed by atoms with E-state index in [0.717, 1.165) is 39.3 Å². The molecule has 8 rings (SSSR count). The molecule has 1 aliphatic rings. The largest absolute Gasteiger partial charge is 0.340 e. The number of benzene rings is 7. The molecule has 0 radical (unpaired) electrons. The number of amidine groups is 1. The second-order valence-corrected chi connectivity index (χ2v) is 12.6. The van der Waals surface area contributed by atoms with Crippen molar-refractivity contribution in [1.82, 2.24) is 5.32 Å². The van der Waals surface area contributed by atoms with Crippen LogP contribution in [0.5, 0.6) is 0 Å². The van der Waals surface area contributed by atoms with Gasteiger partial charge in [0.15, 0.2) is 6.23 Å². The SMILES string of the molecule is N#CC(N)OC(N)c1ccc(C2=NC(c3cccc(-c4cccc5ccccc45)c3)C=C(c3cccc(-c4cccc5ccccc45)c3)N2)cc1. The highest BCUT2D eigenvalue weighted by Gasteiger charge is 2.21. The molecule has 1 heterocycles. The number of hydrogen-bond donors (Lipinski definition) is 3. The first-order valence-corrected chi connectivity index (χ1v) is 16.9. The summed E-state index contributed by atoms with van der Waals surface area (Å²) in [6.45, 7) is 0. The zero-order valence-corrected chi connectivity index (χ0v) is 27.8. The molecule has 246 valence electrons. The van der Waals surface area contributed by atoms with E-state index in [4.69, 9.17) is 26.5 Å². The average molecular weight is 662 g/mol. The second kappa shape index (κ2) is 13.9. The lowest BCUT2D eigenvalue weighted by Crippen LogP contribution is -2.29. The third-order valence-corrected chi connectivity index (χ3v) is 9.38. The van der Waals surface area contributed by atoms with Gasteiger partial charge in [-0.3, -0.25) is 10.7 Å². The summed E-state index contributed by atoms with van der Waals surface area (Å²) in [6.07, 6.45) is 0.272. The Balaban J connectivity index is 1.20. The molecule has 51 heavy (non-hydrogen) atoms. The summed E-state index contributed by atoms with van der Waals surface area (Å²) in [4.78, 5) is 5.26. The molecule has 0 saturated heterocycles. The van der Waals surface area contributed by atoms with Crippen molar-refractivity contribution in [3.8, 4) is 28.3 Å². The number of nitrogens with two attached hydrogens (primary N) is 2. The van der Waals surface area contributed by atoms with Crippen molar-refractivity contribution in [2.45, 2.75) is 18.5 Å². The van der Waals surface area contributed by atoms with Crippen molar-refractivity contribution in [3.63, 3.8) is 0 Å². The minimum Gasteiger partial charge on any atom is -0.340 e. The van der Waals surface area contributed by atoms with Gasteiger partial charge in [-0.1, -0.05) is 146 Å². The van der Waals surface area contributed by atoms with Crippen LogP contribution >= 0.6 is 0 Å². The molecule has 6 nitrogen and oxygen atoms in total. The van der Waals surface area contributed by atoms with Gasteiger partial charge in [0, 0.05) is 11.3 Å². The summed E-state index contributed by atoms with van der Waals surface area (Å²) < 4.78 is 5.41. The van der Waals surface area contributed by atoms with E-state index >= 15 is 0 Å². The van der Waals surface area contributed by atoms with E-state index in [9.17, 15) is 0 Å². The molecule has 0 aromatic heterocycles. The van der Waals surface area contributed by atoms with E-state index in [1.54, 1.807) is 0 Å². The highest BCUT2D eigenvalue weighted by Crippen LogP contribution is 2.35. The summed E-state index contributed by atoms with van der Waals surface area (Å²) in [6, 6.07) is 56.4. The molecule has 6 heteroatoms. The predicted octanol–water partition coefficient (Wildman–Crippen LogP) is 9.24. The number of hydrogen-bond acceptors (Lipinski definition) is 6. The van der Waals surface area contributed by atoms with Crippen LogP contribution in [0.15, 0.2) is 169 Å². The Labute approximate surface area is 297 Å². The maximum atomic E-state index is 9.05. The molecule has 0 amide bonds. The zero-order valence-electron chi connectivity index (χ0n) is 27.8. The van der Waals surface area contributed by atoms with Crippen LogP contribution < -0.4 is 16.8 Å². The Morgan fingerprint density at radius 2 is 1.18 bits per heavy atom. The van der Waals surface area contributed by atoms with Crippen molar-refractivity contribution in [2.75, 3.05) is 0 Å². The number of nitrogens with one attached hydrogen (secondary N) is 1. The number of fused-ring (bicyclic) bond motifs is 2. The third kappa shape index (κ3) is 6.53. The van der Waals surface area contributed by atoms with Crippen molar-refractivity contribution >= 4 is 33.1 Å². The molecule has 0 spiro atoms. The Morgan fingerprint density at radius 1 is 0.608 bits per heavy atom. The molecule has 7 aromatic rings. The lowest BCUT2D eigenvalue weighted by Gasteiger charge is -2.24. The first kappa shape index (κ1) is 31.9. The fraction of sp³-hybridized carbons (Fsp3) is 0.0667. The number of aliphatic imine (C=N–C) groups is 1. The van der Waals surface area contributed by atoms with Crippen LogP contribution in [0.2, 0.25) is 0 Å². The maximum Gasteiger partial charge on any atom is 0.196 e. The fourth-order valence-corrected chi connectivity index (χ4v) is 6.82. The number of nitriles is 1. The van der Waals surface area contributed by atoms with E-state index < -0.39 is 12.5 Å². The first-order valence-electron chi connectivity index (χ1n) is 16.9. The summed E-state index contributed by atoms with van der Waals surface area (Å²) in [5.74, 6) is 0.735. The van der Waals surface area contributed by atoms with Gasteiger partial charge in [-0.15, -0.1) is 0 Å². The van der Waals surface area contributed by atoms with Gasteiger partial charge in [0.25, 0.3) is 0 Å². The Hall–Kier alpha value is -6.36. The quantitative estimate of drug-likeness (QED) is 0.141. The molecule has 7 aromatic carbocycles. The monoisotopic (exact) mass is 661 g/mol. The van der Waals surface area contributed by atoms with Crippen LogP contribution in [0.3, 0.4) is 0 Å². The molecule has 3 unspecified atom stereocenters. The van der Waals surface area contributed by atoms with E-state index in [1.165, 1.54) is 32.7 Å². The van der Waals surface area contributed by atoms with E-state index in [-0.39, 0.29) is 6.04 Å². The van der Waals surface area contributed by atoms with Crippen molar-refractivity contribution in [3.05, 3.63) is 186 Å². The topological polar surface area (TPSA) is 109 Å². The standard InChI is InChI=1S/C45H35N5O/c46-28-43(47)51-44(48)31-21-23-32(24-22-31)45-49-41(35-15-5-13-33(25-35)39-19-7-11-29-9-1-3-17-37(29)39)27-42(50-45)36-16-6-14-34(26-36)40-20-8-12-30-10-2-4-18-38(30)40/h1-27,41,43-44H,47-48H2,(H,49,50). The molecule has 0 aliphatic carbocycles. The van der Waals surface area contributed by atoms with E-state index in [0.29, 0.717) is 5.56 Å². The van der Waals surface area contributed by atoms with Crippen molar-refractivity contribution in [2.24, 2.45) is 16.5 Å². The van der Waals surface area contributed by atoms with E-state index in [2.05, 4.69) is 145 Å². The summed E-state index contributed by atoms with van der Waals surface area (Å²) in [5.41, 5.74) is 21.2. The molecular weight excluding hydrogens is 627 g/mol. The van der Waals surface area contributed by atoms with Gasteiger partial charge in [0.05, 0.1) is 6.04 Å². The Kier molecular flexibility index (Phi) is 8.67. The highest BCUT2D eigenvalue weighted by molar-refractivity contribution is 6.05. The summed E-state index contributed by atoms with van der Waals surface area (Å²) >= 11 is 0. The molecule has 0 fully saturated rings.